The quantitative estimate of drug-likeness (QED) is 0.791. The van der Waals surface area contributed by atoms with Gasteiger partial charge >= 0.3 is 5.97 Å². The van der Waals surface area contributed by atoms with Crippen LogP contribution in [-0.2, 0) is 0 Å². The summed E-state index contributed by atoms with van der Waals surface area (Å²) in [6.07, 6.45) is 4.88. The van der Waals surface area contributed by atoms with Gasteiger partial charge in [0.05, 0.1) is 16.6 Å². The van der Waals surface area contributed by atoms with E-state index in [4.69, 9.17) is 17.3 Å². The van der Waals surface area contributed by atoms with Gasteiger partial charge in [0.15, 0.2) is 0 Å². The average molecular weight is 420 g/mol. The van der Waals surface area contributed by atoms with Crippen molar-refractivity contribution in [2.45, 2.75) is 38.6 Å². The first-order valence-corrected chi connectivity index (χ1v) is 10.1. The van der Waals surface area contributed by atoms with Gasteiger partial charge in [0, 0.05) is 42.5 Å². The summed E-state index contributed by atoms with van der Waals surface area (Å²) in [6.45, 7) is 2.95. The molecule has 29 heavy (non-hydrogen) atoms. The van der Waals surface area contributed by atoms with Gasteiger partial charge in [0.1, 0.15) is 11.4 Å². The highest BCUT2D eigenvalue weighted by Gasteiger charge is 2.29. The number of carboxylic acid groups (broad SMARTS) is 1. The number of aromatic nitrogens is 1. The molecule has 1 aliphatic carbocycles. The number of carboxylic acids is 1. The lowest BCUT2D eigenvalue weighted by Gasteiger charge is -2.32. The van der Waals surface area contributed by atoms with Crippen LogP contribution < -0.4 is 16.1 Å². The number of carbonyl (C=O) groups is 1. The molecule has 0 spiro atoms. The monoisotopic (exact) mass is 419 g/mol. The number of fused-ring (bicyclic) bond motifs is 1. The Morgan fingerprint density at radius 3 is 2.76 bits per heavy atom. The van der Waals surface area contributed by atoms with Gasteiger partial charge in [-0.3, -0.25) is 4.79 Å². The predicted molar refractivity (Wildman–Crippen MR) is 112 cm³/mol. The lowest BCUT2D eigenvalue weighted by atomic mass is 10.00. The number of benzene rings is 1. The third-order valence-electron chi connectivity index (χ3n) is 5.84. The smallest absolute Gasteiger partial charge is 0.341 e. The predicted octanol–water partition coefficient (Wildman–Crippen LogP) is 3.53. The molecular formula is C21H23ClFN3O3. The summed E-state index contributed by atoms with van der Waals surface area (Å²) in [5.41, 5.74) is 6.87. The summed E-state index contributed by atoms with van der Waals surface area (Å²) in [5.74, 6) is -1.79. The zero-order valence-electron chi connectivity index (χ0n) is 16.2. The van der Waals surface area contributed by atoms with E-state index >= 15 is 4.39 Å². The summed E-state index contributed by atoms with van der Waals surface area (Å²) in [6, 6.07) is 1.82. The maximum absolute atomic E-state index is 15.4. The lowest BCUT2D eigenvalue weighted by Crippen LogP contribution is -2.33. The molecule has 0 amide bonds. The van der Waals surface area contributed by atoms with Crippen molar-refractivity contribution in [2.75, 3.05) is 24.5 Å². The summed E-state index contributed by atoms with van der Waals surface area (Å²) >= 11 is 6.24. The Kier molecular flexibility index (Phi) is 5.12. The van der Waals surface area contributed by atoms with Crippen LogP contribution >= 0.6 is 11.6 Å². The second-order valence-electron chi connectivity index (χ2n) is 7.78. The zero-order valence-corrected chi connectivity index (χ0v) is 16.9. The first-order valence-electron chi connectivity index (χ1n) is 9.76. The van der Waals surface area contributed by atoms with Crippen molar-refractivity contribution in [3.63, 3.8) is 0 Å². The molecule has 6 nitrogen and oxygen atoms in total. The van der Waals surface area contributed by atoms with Gasteiger partial charge in [-0.1, -0.05) is 11.6 Å². The highest BCUT2D eigenvalue weighted by Crippen LogP contribution is 2.39. The van der Waals surface area contributed by atoms with Gasteiger partial charge in [-0.15, -0.1) is 0 Å². The molecule has 0 unspecified atom stereocenters. The molecule has 1 saturated carbocycles. The molecule has 154 valence electrons. The van der Waals surface area contributed by atoms with E-state index in [9.17, 15) is 14.7 Å². The number of halogens is 2. The van der Waals surface area contributed by atoms with Crippen LogP contribution in [0.3, 0.4) is 0 Å². The number of pyridine rings is 1. The van der Waals surface area contributed by atoms with Crippen molar-refractivity contribution in [2.24, 2.45) is 5.73 Å². The van der Waals surface area contributed by atoms with Crippen molar-refractivity contribution >= 4 is 34.2 Å². The van der Waals surface area contributed by atoms with Crippen molar-refractivity contribution in [1.29, 1.82) is 0 Å². The molecule has 3 N–H and O–H groups in total. The number of hydrogen-bond donors (Lipinski definition) is 2. The number of aryl methyl sites for hydroxylation is 1. The van der Waals surface area contributed by atoms with E-state index in [0.29, 0.717) is 29.3 Å². The number of nitrogens with two attached hydrogens (primary N) is 1. The van der Waals surface area contributed by atoms with E-state index in [-0.39, 0.29) is 29.1 Å². The van der Waals surface area contributed by atoms with Crippen LogP contribution in [0.4, 0.5) is 10.1 Å². The fourth-order valence-electron chi connectivity index (χ4n) is 4.13. The van der Waals surface area contributed by atoms with Crippen molar-refractivity contribution in [3.05, 3.63) is 50.0 Å². The molecule has 1 saturated heterocycles. The van der Waals surface area contributed by atoms with Crippen LogP contribution in [0.15, 0.2) is 27.7 Å². The van der Waals surface area contributed by atoms with Crippen molar-refractivity contribution < 1.29 is 14.3 Å². The lowest BCUT2D eigenvalue weighted by molar-refractivity contribution is 0.0695. The van der Waals surface area contributed by atoms with E-state index in [0.717, 1.165) is 31.3 Å². The maximum Gasteiger partial charge on any atom is 0.341 e. The Hall–Kier alpha value is -2.38. The Balaban J connectivity index is 1.93. The molecule has 0 atom stereocenters. The topological polar surface area (TPSA) is 88.6 Å². The third-order valence-corrected chi connectivity index (χ3v) is 6.26. The van der Waals surface area contributed by atoms with Gasteiger partial charge in [-0.25, -0.2) is 9.18 Å². The zero-order chi connectivity index (χ0) is 20.9. The fourth-order valence-corrected chi connectivity index (χ4v) is 4.29. The normalized spacial score (nSPS) is 19.0. The Bertz CT molecular complexity index is 1100. The summed E-state index contributed by atoms with van der Waals surface area (Å²) in [5, 5.41) is 10.2. The summed E-state index contributed by atoms with van der Waals surface area (Å²) in [7, 11) is 0. The van der Waals surface area contributed by atoms with E-state index < -0.39 is 17.2 Å². The van der Waals surface area contributed by atoms with Crippen LogP contribution in [0.5, 0.6) is 0 Å². The minimum atomic E-state index is -1.29. The molecule has 1 aliphatic heterocycles. The summed E-state index contributed by atoms with van der Waals surface area (Å²) in [4.78, 5) is 26.3. The Labute approximate surface area is 172 Å². The molecule has 0 radical (unpaired) electrons. The molecule has 8 heteroatoms. The molecule has 1 aromatic heterocycles. The Morgan fingerprint density at radius 2 is 2.14 bits per heavy atom. The fraction of sp³-hybridized carbons (Fsp3) is 0.429. The van der Waals surface area contributed by atoms with Crippen LogP contribution in [0.1, 0.15) is 47.6 Å². The molecule has 2 aromatic rings. The second-order valence-corrected chi connectivity index (χ2v) is 8.24. The molecular weight excluding hydrogens is 397 g/mol. The van der Waals surface area contributed by atoms with Crippen LogP contribution in [0.2, 0.25) is 0 Å². The largest absolute Gasteiger partial charge is 0.477 e. The standard InChI is InChI=1S/C21H23ClFN3O3/c1-11-18-16(26(13-4-5-13)10-14(20(18)27)21(28)29)7-17(19(11)23)25-6-2-3-12(9-25)15(22)8-24/h7,10,13H,2-6,8-9,24H2,1H3,(H,28,29). The highest BCUT2D eigenvalue weighted by molar-refractivity contribution is 6.30. The van der Waals surface area contributed by atoms with Gasteiger partial charge in [0.25, 0.3) is 0 Å². The minimum absolute atomic E-state index is 0.136. The average Bonchev–Trinajstić information content (AvgIpc) is 3.55. The molecule has 4 rings (SSSR count). The highest BCUT2D eigenvalue weighted by atomic mass is 35.5. The SMILES string of the molecule is Cc1c(F)c(N2CCCC(=C(Cl)CN)C2)cc2c1c(=O)c(C(=O)O)cn2C1CC1. The van der Waals surface area contributed by atoms with E-state index in [2.05, 4.69) is 0 Å². The van der Waals surface area contributed by atoms with Crippen LogP contribution in [0.25, 0.3) is 10.9 Å². The van der Waals surface area contributed by atoms with E-state index in [1.807, 2.05) is 9.47 Å². The first-order chi connectivity index (χ1) is 13.8. The maximum atomic E-state index is 15.4. The first kappa shape index (κ1) is 19.9. The Morgan fingerprint density at radius 1 is 1.41 bits per heavy atom. The van der Waals surface area contributed by atoms with Gasteiger partial charge in [0.2, 0.25) is 5.43 Å². The van der Waals surface area contributed by atoms with Crippen LogP contribution in [-0.4, -0.2) is 35.3 Å². The number of aromatic carboxylic acids is 1. The van der Waals surface area contributed by atoms with Crippen molar-refractivity contribution in [3.8, 4) is 0 Å². The third kappa shape index (κ3) is 3.42. The van der Waals surface area contributed by atoms with Gasteiger partial charge < -0.3 is 20.3 Å². The van der Waals surface area contributed by atoms with E-state index in [1.54, 1.807) is 13.0 Å². The minimum Gasteiger partial charge on any atom is -0.477 e. The number of rotatable bonds is 4. The molecule has 2 fully saturated rings. The number of hydrogen-bond acceptors (Lipinski definition) is 4. The van der Waals surface area contributed by atoms with Gasteiger partial charge in [-0.2, -0.15) is 0 Å². The number of anilines is 1. The summed E-state index contributed by atoms with van der Waals surface area (Å²) < 4.78 is 17.2. The molecule has 2 aliphatic rings. The molecule has 1 aromatic carbocycles. The van der Waals surface area contributed by atoms with Gasteiger partial charge in [-0.05, 0) is 44.2 Å². The second kappa shape index (κ2) is 7.46. The molecule has 2 heterocycles. The van der Waals surface area contributed by atoms with E-state index in [1.165, 1.54) is 6.20 Å². The number of piperidine rings is 1. The van der Waals surface area contributed by atoms with Crippen LogP contribution in [0, 0.1) is 12.7 Å². The number of nitrogens with zero attached hydrogens (tertiary/aromatic N) is 2. The molecule has 0 bridgehead atoms. The van der Waals surface area contributed by atoms with Crippen molar-refractivity contribution in [1.82, 2.24) is 4.57 Å².